The third kappa shape index (κ3) is 4.18. The van der Waals surface area contributed by atoms with Crippen molar-refractivity contribution in [1.82, 2.24) is 0 Å². The van der Waals surface area contributed by atoms with Crippen LogP contribution < -0.4 is 0 Å². The van der Waals surface area contributed by atoms with Crippen LogP contribution in [0.15, 0.2) is 23.8 Å². The van der Waals surface area contributed by atoms with Crippen molar-refractivity contribution in [3.05, 3.63) is 23.8 Å². The number of hydrogen-bond acceptors (Lipinski definition) is 0. The van der Waals surface area contributed by atoms with E-state index in [4.69, 9.17) is 11.6 Å². The van der Waals surface area contributed by atoms with E-state index < -0.39 is 0 Å². The van der Waals surface area contributed by atoms with E-state index in [0.29, 0.717) is 5.03 Å². The van der Waals surface area contributed by atoms with E-state index in [1.165, 1.54) is 0 Å². The number of allylic oxidation sites excluding steroid dienone is 3. The predicted molar refractivity (Wildman–Crippen MR) is 30.2 cm³/mol. The fraction of sp³-hybridized carbons (Fsp3) is 0. The van der Waals surface area contributed by atoms with Gasteiger partial charge in [-0.05, 0) is 0 Å². The van der Waals surface area contributed by atoms with Crippen LogP contribution in [0.3, 0.4) is 0 Å². The Balaban J connectivity index is 3.72. The van der Waals surface area contributed by atoms with Gasteiger partial charge in [-0.1, -0.05) is 0 Å². The standard InChI is InChI=1S/C5H5Cl.Pt/c1-3-5(6)4-2;/h1,3-4H,2H2;/b5-3+;. The molecule has 7 heavy (non-hydrogen) atoms. The van der Waals surface area contributed by atoms with Gasteiger partial charge >= 0.3 is 59.1 Å². The molecule has 0 aromatic rings. The van der Waals surface area contributed by atoms with E-state index in [1.54, 1.807) is 12.2 Å². The summed E-state index contributed by atoms with van der Waals surface area (Å²) in [4.78, 5) is 0. The summed E-state index contributed by atoms with van der Waals surface area (Å²) in [6.45, 7) is 3.46. The minimum atomic E-state index is 0.676. The molecule has 0 bridgehead atoms. The molecular formula is C5H5ClPt. The molecule has 0 spiro atoms. The van der Waals surface area contributed by atoms with E-state index in [-0.39, 0.29) is 0 Å². The van der Waals surface area contributed by atoms with Crippen LogP contribution in [0.5, 0.6) is 0 Å². The molecule has 2 heteroatoms. The van der Waals surface area contributed by atoms with Crippen molar-refractivity contribution >= 4 is 16.0 Å². The van der Waals surface area contributed by atoms with Crippen LogP contribution in [0, 0.1) is 0 Å². The molecule has 0 aliphatic heterocycles. The zero-order chi connectivity index (χ0) is 5.70. The van der Waals surface area contributed by atoms with Crippen LogP contribution in [-0.2, 0) is 19.4 Å². The van der Waals surface area contributed by atoms with Gasteiger partial charge in [0.2, 0.25) is 0 Å². The van der Waals surface area contributed by atoms with Gasteiger partial charge in [0.25, 0.3) is 0 Å². The monoisotopic (exact) mass is 295 g/mol. The Morgan fingerprint density at radius 3 is 2.43 bits per heavy atom. The van der Waals surface area contributed by atoms with Crippen LogP contribution in [0.4, 0.5) is 0 Å². The van der Waals surface area contributed by atoms with Gasteiger partial charge in [0, 0.05) is 0 Å². The van der Waals surface area contributed by atoms with Crippen molar-refractivity contribution in [2.75, 3.05) is 0 Å². The molecule has 0 aromatic heterocycles. The molecule has 0 N–H and O–H groups in total. The van der Waals surface area contributed by atoms with Gasteiger partial charge in [0.05, 0.1) is 0 Å². The Kier molecular flexibility index (Phi) is 4.70. The quantitative estimate of drug-likeness (QED) is 0.680. The van der Waals surface area contributed by atoms with Crippen LogP contribution in [0.2, 0.25) is 0 Å². The molecule has 42 valence electrons. The Bertz CT molecular complexity index is 105. The first kappa shape index (κ1) is 7.33. The first-order valence-corrected chi connectivity index (χ1v) is 3.38. The summed E-state index contributed by atoms with van der Waals surface area (Å²) in [5.74, 6) is 0. The zero-order valence-electron chi connectivity index (χ0n) is 3.63. The molecule has 0 saturated carbocycles. The Labute approximate surface area is 59.3 Å². The molecule has 0 aromatic carbocycles. The molecule has 0 radical (unpaired) electrons. The summed E-state index contributed by atoms with van der Waals surface area (Å²) in [7, 11) is 0. The van der Waals surface area contributed by atoms with Gasteiger partial charge in [-0.15, -0.1) is 0 Å². The first-order valence-electron chi connectivity index (χ1n) is 1.69. The van der Waals surface area contributed by atoms with E-state index in [9.17, 15) is 0 Å². The van der Waals surface area contributed by atoms with Crippen molar-refractivity contribution in [2.24, 2.45) is 0 Å². The van der Waals surface area contributed by atoms with E-state index >= 15 is 0 Å². The second-order valence-electron chi connectivity index (χ2n) is 0.861. The van der Waals surface area contributed by atoms with Crippen molar-refractivity contribution < 1.29 is 19.4 Å². The van der Waals surface area contributed by atoms with Crippen LogP contribution >= 0.6 is 11.6 Å². The molecule has 0 amide bonds. The predicted octanol–water partition coefficient (Wildman–Crippen LogP) is 1.64. The summed E-state index contributed by atoms with van der Waals surface area (Å²) >= 11 is 7.55. The van der Waals surface area contributed by atoms with Gasteiger partial charge < -0.3 is 0 Å². The van der Waals surface area contributed by atoms with Gasteiger partial charge in [-0.2, -0.15) is 0 Å². The van der Waals surface area contributed by atoms with Crippen molar-refractivity contribution in [2.45, 2.75) is 0 Å². The maximum absolute atomic E-state index is 5.47. The molecule has 0 heterocycles. The van der Waals surface area contributed by atoms with Gasteiger partial charge in [-0.3, -0.25) is 0 Å². The van der Waals surface area contributed by atoms with Gasteiger partial charge in [0.1, 0.15) is 0 Å². The molecule has 0 rings (SSSR count). The Morgan fingerprint density at radius 2 is 2.29 bits per heavy atom. The molecule has 0 nitrogen and oxygen atoms in total. The van der Waals surface area contributed by atoms with Crippen LogP contribution in [0.1, 0.15) is 0 Å². The van der Waals surface area contributed by atoms with Crippen LogP contribution in [0.25, 0.3) is 0 Å². The third-order valence-electron chi connectivity index (χ3n) is 0.407. The van der Waals surface area contributed by atoms with Crippen LogP contribution in [-0.4, -0.2) is 4.40 Å². The summed E-state index contributed by atoms with van der Waals surface area (Å²) in [5.41, 5.74) is 0. The zero-order valence-corrected chi connectivity index (χ0v) is 6.66. The summed E-state index contributed by atoms with van der Waals surface area (Å²) in [5, 5.41) is 0.676. The average molecular weight is 296 g/mol. The van der Waals surface area contributed by atoms with Gasteiger partial charge in [-0.25, -0.2) is 0 Å². The second-order valence-corrected chi connectivity index (χ2v) is 2.05. The molecule has 0 aliphatic rings. The Hall–Kier alpha value is 0.328. The fourth-order valence-corrected chi connectivity index (χ4v) is 0.806. The number of halogens is 1. The molecule has 0 atom stereocenters. The first-order chi connectivity index (χ1) is 3.31. The van der Waals surface area contributed by atoms with Crippen molar-refractivity contribution in [3.63, 3.8) is 0 Å². The fourth-order valence-electron chi connectivity index (χ4n) is 0.118. The molecule has 0 saturated heterocycles. The van der Waals surface area contributed by atoms with Gasteiger partial charge in [0.15, 0.2) is 0 Å². The summed E-state index contributed by atoms with van der Waals surface area (Å²) in [6.07, 6.45) is 3.37. The average Bonchev–Trinajstić information content (AvgIpc) is 1.68. The number of rotatable bonds is 2. The normalized spacial score (nSPS) is 11.0. The molecule has 0 unspecified atom stereocenters. The number of hydrogen-bond donors (Lipinski definition) is 0. The third-order valence-corrected chi connectivity index (χ3v) is 1.07. The molecular weight excluding hydrogens is 291 g/mol. The van der Waals surface area contributed by atoms with Crippen molar-refractivity contribution in [3.8, 4) is 0 Å². The topological polar surface area (TPSA) is 0 Å². The summed E-state index contributed by atoms with van der Waals surface area (Å²) < 4.78 is 1.84. The molecule has 0 aliphatic carbocycles. The van der Waals surface area contributed by atoms with E-state index in [2.05, 4.69) is 25.9 Å². The second kappa shape index (κ2) is 4.49. The molecule has 0 fully saturated rings. The maximum atomic E-state index is 5.47. The van der Waals surface area contributed by atoms with Crippen molar-refractivity contribution in [1.29, 1.82) is 0 Å². The minimum absolute atomic E-state index is 0.676. The van der Waals surface area contributed by atoms with E-state index in [1.807, 2.05) is 4.40 Å². The SMILES string of the molecule is C=C/C(Cl)=C\[CH]=[Pt]. The Morgan fingerprint density at radius 1 is 1.71 bits per heavy atom. The van der Waals surface area contributed by atoms with E-state index in [0.717, 1.165) is 0 Å². The summed E-state index contributed by atoms with van der Waals surface area (Å²) in [6, 6.07) is 0.